The smallest absolute Gasteiger partial charge is 0.336 e. The molecule has 0 fully saturated rings. The lowest BCUT2D eigenvalue weighted by atomic mass is 10.1. The second kappa shape index (κ2) is 7.20. The molecule has 0 unspecified atom stereocenters. The van der Waals surface area contributed by atoms with Crippen molar-refractivity contribution in [2.24, 2.45) is 0 Å². The van der Waals surface area contributed by atoms with Crippen LogP contribution in [0.3, 0.4) is 0 Å². The minimum atomic E-state index is -1.18. The van der Waals surface area contributed by atoms with E-state index in [4.69, 9.17) is 15.1 Å². The van der Waals surface area contributed by atoms with Crippen LogP contribution in [0.2, 0.25) is 0 Å². The van der Waals surface area contributed by atoms with Crippen LogP contribution in [-0.4, -0.2) is 24.1 Å². The number of hydrogen-bond acceptors (Lipinski definition) is 4. The summed E-state index contributed by atoms with van der Waals surface area (Å²) in [6.45, 7) is 0.291. The van der Waals surface area contributed by atoms with E-state index in [0.717, 1.165) is 0 Å². The highest BCUT2D eigenvalue weighted by Crippen LogP contribution is 2.18. The normalized spacial score (nSPS) is 9.91. The summed E-state index contributed by atoms with van der Waals surface area (Å²) in [7, 11) is 1.53. The van der Waals surface area contributed by atoms with E-state index in [0.29, 0.717) is 23.4 Å². The van der Waals surface area contributed by atoms with Gasteiger partial charge >= 0.3 is 5.97 Å². The Morgan fingerprint density at radius 3 is 2.52 bits per heavy atom. The van der Waals surface area contributed by atoms with Crippen molar-refractivity contribution in [3.8, 4) is 6.07 Å². The van der Waals surface area contributed by atoms with Gasteiger partial charge in [0.05, 0.1) is 29.4 Å². The monoisotopic (exact) mass is 310 g/mol. The van der Waals surface area contributed by atoms with Gasteiger partial charge in [0.15, 0.2) is 0 Å². The van der Waals surface area contributed by atoms with Crippen LogP contribution in [-0.2, 0) is 11.3 Å². The molecule has 0 aromatic heterocycles. The summed E-state index contributed by atoms with van der Waals surface area (Å²) in [6, 6.07) is 12.8. The fourth-order valence-electron chi connectivity index (χ4n) is 2.11. The number of nitrogens with zero attached hydrogens (tertiary/aromatic N) is 1. The van der Waals surface area contributed by atoms with Gasteiger partial charge in [-0.2, -0.15) is 5.26 Å². The maximum atomic E-state index is 12.3. The maximum absolute atomic E-state index is 12.3. The first-order chi connectivity index (χ1) is 11.1. The highest BCUT2D eigenvalue weighted by molar-refractivity contribution is 6.10. The summed E-state index contributed by atoms with van der Waals surface area (Å²) in [4.78, 5) is 23.4. The zero-order valence-electron chi connectivity index (χ0n) is 12.4. The number of hydrogen-bond donors (Lipinski definition) is 2. The Balaban J connectivity index is 2.28. The molecule has 0 radical (unpaired) electrons. The molecule has 1 amide bonds. The van der Waals surface area contributed by atoms with Crippen LogP contribution in [0.5, 0.6) is 0 Å². The Labute approximate surface area is 132 Å². The standard InChI is InChI=1S/C17H14N2O4/c1-23-10-11-6-7-13(8-12(11)9-18)19-16(20)14-4-2-3-5-15(14)17(21)22/h2-8H,10H2,1H3,(H,19,20)(H,21,22). The molecule has 0 aliphatic rings. The predicted molar refractivity (Wildman–Crippen MR) is 83.2 cm³/mol. The van der Waals surface area contributed by atoms with Gasteiger partial charge in [0.1, 0.15) is 0 Å². The molecule has 23 heavy (non-hydrogen) atoms. The van der Waals surface area contributed by atoms with Gasteiger partial charge < -0.3 is 15.2 Å². The summed E-state index contributed by atoms with van der Waals surface area (Å²) in [5.41, 5.74) is 1.47. The van der Waals surface area contributed by atoms with Crippen molar-refractivity contribution in [3.63, 3.8) is 0 Å². The van der Waals surface area contributed by atoms with Crippen molar-refractivity contribution in [2.75, 3.05) is 12.4 Å². The zero-order valence-corrected chi connectivity index (χ0v) is 12.4. The number of nitriles is 1. The molecule has 2 N–H and O–H groups in total. The molecular formula is C17H14N2O4. The molecule has 2 aromatic rings. The van der Waals surface area contributed by atoms with Crippen molar-refractivity contribution < 1.29 is 19.4 Å². The van der Waals surface area contributed by atoms with Gasteiger partial charge in [0, 0.05) is 12.8 Å². The largest absolute Gasteiger partial charge is 0.478 e. The third kappa shape index (κ3) is 3.73. The van der Waals surface area contributed by atoms with E-state index < -0.39 is 11.9 Å². The summed E-state index contributed by atoms with van der Waals surface area (Å²) < 4.78 is 5.00. The quantitative estimate of drug-likeness (QED) is 0.884. The van der Waals surface area contributed by atoms with Gasteiger partial charge in [-0.05, 0) is 29.8 Å². The van der Waals surface area contributed by atoms with E-state index >= 15 is 0 Å². The van der Waals surface area contributed by atoms with Crippen LogP contribution >= 0.6 is 0 Å². The SMILES string of the molecule is COCc1ccc(NC(=O)c2ccccc2C(=O)O)cc1C#N. The van der Waals surface area contributed by atoms with Crippen LogP contribution in [0.15, 0.2) is 42.5 Å². The van der Waals surface area contributed by atoms with Crippen LogP contribution in [0.4, 0.5) is 5.69 Å². The van der Waals surface area contributed by atoms with Gasteiger partial charge in [0.25, 0.3) is 5.91 Å². The lowest BCUT2D eigenvalue weighted by Crippen LogP contribution is -2.16. The number of carbonyl (C=O) groups excluding carboxylic acids is 1. The van der Waals surface area contributed by atoms with Gasteiger partial charge in [-0.25, -0.2) is 4.79 Å². The summed E-state index contributed by atoms with van der Waals surface area (Å²) in [5, 5.41) is 20.9. The number of carboxylic acids is 1. The Hall–Kier alpha value is -3.17. The Bertz CT molecular complexity index is 793. The summed E-state index contributed by atoms with van der Waals surface area (Å²) >= 11 is 0. The van der Waals surface area contributed by atoms with Crippen molar-refractivity contribution in [2.45, 2.75) is 6.61 Å². The molecule has 0 aliphatic heterocycles. The first-order valence-corrected chi connectivity index (χ1v) is 6.72. The predicted octanol–water partition coefficient (Wildman–Crippen LogP) is 2.66. The highest BCUT2D eigenvalue weighted by Gasteiger charge is 2.16. The highest BCUT2D eigenvalue weighted by atomic mass is 16.5. The van der Waals surface area contributed by atoms with Gasteiger partial charge in [0.2, 0.25) is 0 Å². The first kappa shape index (κ1) is 16.2. The molecule has 0 spiro atoms. The van der Waals surface area contributed by atoms with Crippen LogP contribution in [0, 0.1) is 11.3 Å². The molecule has 0 saturated heterocycles. The molecule has 0 bridgehead atoms. The molecule has 0 aliphatic carbocycles. The minimum absolute atomic E-state index is 0.0551. The second-order valence-electron chi connectivity index (χ2n) is 4.72. The van der Waals surface area contributed by atoms with Crippen LogP contribution < -0.4 is 5.32 Å². The van der Waals surface area contributed by atoms with E-state index in [1.165, 1.54) is 25.3 Å². The third-order valence-corrected chi connectivity index (χ3v) is 3.19. The van der Waals surface area contributed by atoms with Crippen molar-refractivity contribution in [1.82, 2.24) is 0 Å². The van der Waals surface area contributed by atoms with Crippen LogP contribution in [0.1, 0.15) is 31.8 Å². The van der Waals surface area contributed by atoms with Crippen molar-refractivity contribution in [1.29, 1.82) is 5.26 Å². The molecule has 6 nitrogen and oxygen atoms in total. The number of rotatable bonds is 5. The number of carboxylic acid groups (broad SMARTS) is 1. The number of carbonyl (C=O) groups is 2. The number of aromatic carboxylic acids is 1. The van der Waals surface area contributed by atoms with Crippen molar-refractivity contribution >= 4 is 17.6 Å². The third-order valence-electron chi connectivity index (χ3n) is 3.19. The van der Waals surface area contributed by atoms with Crippen LogP contribution in [0.25, 0.3) is 0 Å². The lowest BCUT2D eigenvalue weighted by Gasteiger charge is -2.09. The molecular weight excluding hydrogens is 296 g/mol. The van der Waals surface area contributed by atoms with Crippen molar-refractivity contribution in [3.05, 3.63) is 64.7 Å². The number of nitrogens with one attached hydrogen (secondary N) is 1. The number of anilines is 1. The fraction of sp³-hybridized carbons (Fsp3) is 0.118. The topological polar surface area (TPSA) is 99.4 Å². The average Bonchev–Trinajstić information content (AvgIpc) is 2.56. The Kier molecular flexibility index (Phi) is 5.07. The molecule has 2 aromatic carbocycles. The lowest BCUT2D eigenvalue weighted by molar-refractivity contribution is 0.0692. The maximum Gasteiger partial charge on any atom is 0.336 e. The number of amides is 1. The fourth-order valence-corrected chi connectivity index (χ4v) is 2.11. The minimum Gasteiger partial charge on any atom is -0.478 e. The number of ether oxygens (including phenoxy) is 1. The Morgan fingerprint density at radius 2 is 1.91 bits per heavy atom. The molecule has 0 atom stereocenters. The van der Waals surface area contributed by atoms with E-state index in [2.05, 4.69) is 5.32 Å². The molecule has 0 saturated carbocycles. The molecule has 0 heterocycles. The first-order valence-electron chi connectivity index (χ1n) is 6.72. The molecule has 116 valence electrons. The van der Waals surface area contributed by atoms with E-state index in [9.17, 15) is 9.59 Å². The zero-order chi connectivity index (χ0) is 16.8. The number of methoxy groups -OCH3 is 1. The van der Waals surface area contributed by atoms with E-state index in [1.54, 1.807) is 24.3 Å². The molecule has 6 heteroatoms. The average molecular weight is 310 g/mol. The summed E-state index contributed by atoms with van der Waals surface area (Å²) in [6.07, 6.45) is 0. The van der Waals surface area contributed by atoms with Gasteiger partial charge in [-0.15, -0.1) is 0 Å². The molecule has 2 rings (SSSR count). The Morgan fingerprint density at radius 1 is 1.22 bits per heavy atom. The summed E-state index contributed by atoms with van der Waals surface area (Å²) in [5.74, 6) is -1.73. The van der Waals surface area contributed by atoms with E-state index in [-0.39, 0.29) is 11.1 Å². The van der Waals surface area contributed by atoms with Gasteiger partial charge in [-0.1, -0.05) is 18.2 Å². The van der Waals surface area contributed by atoms with Gasteiger partial charge in [-0.3, -0.25) is 4.79 Å². The number of benzene rings is 2. The second-order valence-corrected chi connectivity index (χ2v) is 4.72. The van der Waals surface area contributed by atoms with E-state index in [1.807, 2.05) is 6.07 Å².